The lowest BCUT2D eigenvalue weighted by molar-refractivity contribution is 0.271. The van der Waals surface area contributed by atoms with E-state index < -0.39 is 17.4 Å². The van der Waals surface area contributed by atoms with E-state index in [1.165, 1.54) is 17.4 Å². The molecule has 0 atom stereocenters. The molecule has 0 bridgehead atoms. The van der Waals surface area contributed by atoms with Crippen LogP contribution in [0.5, 0.6) is 5.75 Å². The van der Waals surface area contributed by atoms with E-state index in [1.807, 2.05) is 0 Å². The van der Waals surface area contributed by atoms with E-state index in [9.17, 15) is 8.78 Å². The SMILES string of the molecule is Nc1nc(COc2c(F)cccc2F)cs1. The van der Waals surface area contributed by atoms with E-state index in [4.69, 9.17) is 10.5 Å². The molecule has 2 N–H and O–H groups in total. The van der Waals surface area contributed by atoms with Gasteiger partial charge >= 0.3 is 0 Å². The Balaban J connectivity index is 2.10. The summed E-state index contributed by atoms with van der Waals surface area (Å²) in [6, 6.07) is 3.54. The highest BCUT2D eigenvalue weighted by molar-refractivity contribution is 7.13. The van der Waals surface area contributed by atoms with Crippen LogP contribution < -0.4 is 10.5 Å². The lowest BCUT2D eigenvalue weighted by atomic mass is 10.3. The number of ether oxygens (including phenoxy) is 1. The van der Waals surface area contributed by atoms with Gasteiger partial charge in [-0.2, -0.15) is 0 Å². The molecule has 0 unspecified atom stereocenters. The maximum Gasteiger partial charge on any atom is 0.191 e. The normalized spacial score (nSPS) is 10.4. The third kappa shape index (κ3) is 2.27. The Morgan fingerprint density at radius 3 is 2.56 bits per heavy atom. The number of nitrogens with two attached hydrogens (primary N) is 1. The minimum absolute atomic E-state index is 0.00838. The predicted molar refractivity (Wildman–Crippen MR) is 57.2 cm³/mol. The van der Waals surface area contributed by atoms with Crippen LogP contribution in [-0.2, 0) is 6.61 Å². The van der Waals surface area contributed by atoms with Crippen LogP contribution in [0.3, 0.4) is 0 Å². The van der Waals surface area contributed by atoms with E-state index in [-0.39, 0.29) is 6.61 Å². The van der Waals surface area contributed by atoms with Gasteiger partial charge in [0.05, 0.1) is 5.69 Å². The number of nitrogen functional groups attached to an aromatic ring is 1. The molecule has 0 aliphatic carbocycles. The zero-order valence-electron chi connectivity index (χ0n) is 8.11. The standard InChI is InChI=1S/C10H8F2N2OS/c11-7-2-1-3-8(12)9(7)15-4-6-5-16-10(13)14-6/h1-3,5H,4H2,(H2,13,14). The van der Waals surface area contributed by atoms with Gasteiger partial charge in [-0.15, -0.1) is 11.3 Å². The third-order valence-electron chi connectivity index (χ3n) is 1.85. The highest BCUT2D eigenvalue weighted by Gasteiger charge is 2.10. The number of rotatable bonds is 3. The summed E-state index contributed by atoms with van der Waals surface area (Å²) in [5, 5.41) is 2.07. The first-order valence-corrected chi connectivity index (χ1v) is 5.31. The van der Waals surface area contributed by atoms with Gasteiger partial charge in [-0.1, -0.05) is 6.07 Å². The fourth-order valence-corrected chi connectivity index (χ4v) is 1.70. The van der Waals surface area contributed by atoms with Crippen LogP contribution in [0.15, 0.2) is 23.6 Å². The van der Waals surface area contributed by atoms with Gasteiger partial charge in [-0.3, -0.25) is 0 Å². The Bertz CT molecular complexity index is 481. The minimum atomic E-state index is -0.733. The second-order valence-electron chi connectivity index (χ2n) is 3.02. The number of thiazole rings is 1. The lowest BCUT2D eigenvalue weighted by Gasteiger charge is -2.05. The first kappa shape index (κ1) is 10.8. The van der Waals surface area contributed by atoms with Crippen LogP contribution in [0.1, 0.15) is 5.69 Å². The van der Waals surface area contributed by atoms with Gasteiger partial charge in [-0.25, -0.2) is 13.8 Å². The maximum atomic E-state index is 13.2. The van der Waals surface area contributed by atoms with Gasteiger partial charge in [0.15, 0.2) is 22.5 Å². The fourth-order valence-electron chi connectivity index (χ4n) is 1.16. The number of benzene rings is 1. The topological polar surface area (TPSA) is 48.1 Å². The van der Waals surface area contributed by atoms with E-state index in [2.05, 4.69) is 4.98 Å². The van der Waals surface area contributed by atoms with Crippen molar-refractivity contribution in [3.63, 3.8) is 0 Å². The molecule has 1 aromatic heterocycles. The number of halogens is 2. The zero-order valence-corrected chi connectivity index (χ0v) is 8.93. The highest BCUT2D eigenvalue weighted by Crippen LogP contribution is 2.22. The summed E-state index contributed by atoms with van der Waals surface area (Å²) in [4.78, 5) is 3.91. The molecule has 0 amide bonds. The number of aromatic nitrogens is 1. The summed E-state index contributed by atoms with van der Waals surface area (Å²) >= 11 is 1.25. The average Bonchev–Trinajstić information content (AvgIpc) is 2.63. The molecular formula is C10H8F2N2OS. The average molecular weight is 242 g/mol. The van der Waals surface area contributed by atoms with Gasteiger partial charge in [0.1, 0.15) is 6.61 Å². The summed E-state index contributed by atoms with van der Waals surface area (Å²) in [7, 11) is 0. The molecule has 0 saturated heterocycles. The Morgan fingerprint density at radius 1 is 1.31 bits per heavy atom. The molecule has 84 valence electrons. The molecule has 0 radical (unpaired) electrons. The molecule has 0 aliphatic heterocycles. The van der Waals surface area contributed by atoms with Crippen LogP contribution >= 0.6 is 11.3 Å². The predicted octanol–water partition coefficient (Wildman–Crippen LogP) is 2.58. The Labute approximate surface area is 94.5 Å². The van der Waals surface area contributed by atoms with Crippen molar-refractivity contribution < 1.29 is 13.5 Å². The molecule has 0 aliphatic rings. The van der Waals surface area contributed by atoms with Gasteiger partial charge in [-0.05, 0) is 12.1 Å². The Kier molecular flexibility index (Phi) is 3.00. The van der Waals surface area contributed by atoms with Gasteiger partial charge in [0.25, 0.3) is 0 Å². The molecule has 0 spiro atoms. The van der Waals surface area contributed by atoms with Gasteiger partial charge < -0.3 is 10.5 Å². The van der Waals surface area contributed by atoms with Crippen LogP contribution in [0.25, 0.3) is 0 Å². The summed E-state index contributed by atoms with van der Waals surface area (Å²) in [6.07, 6.45) is 0. The first-order valence-electron chi connectivity index (χ1n) is 4.43. The molecular weight excluding hydrogens is 234 g/mol. The third-order valence-corrected chi connectivity index (χ3v) is 2.58. The summed E-state index contributed by atoms with van der Waals surface area (Å²) in [5.41, 5.74) is 5.96. The Morgan fingerprint density at radius 2 is 2.00 bits per heavy atom. The lowest BCUT2D eigenvalue weighted by Crippen LogP contribution is -2.00. The van der Waals surface area contributed by atoms with Gasteiger partial charge in [0.2, 0.25) is 0 Å². The number of hydrogen-bond donors (Lipinski definition) is 1. The highest BCUT2D eigenvalue weighted by atomic mass is 32.1. The molecule has 0 saturated carbocycles. The second kappa shape index (κ2) is 4.44. The van der Waals surface area contributed by atoms with Crippen molar-refractivity contribution in [2.75, 3.05) is 5.73 Å². The fraction of sp³-hybridized carbons (Fsp3) is 0.100. The van der Waals surface area contributed by atoms with E-state index in [0.717, 1.165) is 12.1 Å². The number of hydrogen-bond acceptors (Lipinski definition) is 4. The molecule has 2 rings (SSSR count). The quantitative estimate of drug-likeness (QED) is 0.899. The number of anilines is 1. The van der Waals surface area contributed by atoms with Gasteiger partial charge in [0, 0.05) is 5.38 Å². The van der Waals surface area contributed by atoms with Crippen LogP contribution in [-0.4, -0.2) is 4.98 Å². The second-order valence-corrected chi connectivity index (χ2v) is 3.91. The van der Waals surface area contributed by atoms with Crippen molar-refractivity contribution in [2.24, 2.45) is 0 Å². The molecule has 16 heavy (non-hydrogen) atoms. The molecule has 3 nitrogen and oxygen atoms in total. The zero-order chi connectivity index (χ0) is 11.5. The number of para-hydroxylation sites is 1. The van der Waals surface area contributed by atoms with Crippen molar-refractivity contribution in [3.8, 4) is 5.75 Å². The maximum absolute atomic E-state index is 13.2. The van der Waals surface area contributed by atoms with Crippen molar-refractivity contribution in [1.82, 2.24) is 4.98 Å². The summed E-state index contributed by atoms with van der Waals surface area (Å²) in [5.74, 6) is -1.86. The minimum Gasteiger partial charge on any atom is -0.481 e. The smallest absolute Gasteiger partial charge is 0.191 e. The van der Waals surface area contributed by atoms with Crippen molar-refractivity contribution in [2.45, 2.75) is 6.61 Å². The van der Waals surface area contributed by atoms with Crippen LogP contribution in [0.4, 0.5) is 13.9 Å². The number of nitrogens with zero attached hydrogens (tertiary/aromatic N) is 1. The molecule has 2 aromatic rings. The van der Waals surface area contributed by atoms with Crippen LogP contribution in [0.2, 0.25) is 0 Å². The molecule has 1 aromatic carbocycles. The largest absolute Gasteiger partial charge is 0.481 e. The van der Waals surface area contributed by atoms with E-state index >= 15 is 0 Å². The molecule has 1 heterocycles. The summed E-state index contributed by atoms with van der Waals surface area (Å²) in [6.45, 7) is -0.00838. The van der Waals surface area contributed by atoms with Crippen molar-refractivity contribution >= 4 is 16.5 Å². The van der Waals surface area contributed by atoms with Crippen molar-refractivity contribution in [3.05, 3.63) is 40.9 Å². The Hall–Kier alpha value is -1.69. The van der Waals surface area contributed by atoms with E-state index in [1.54, 1.807) is 5.38 Å². The van der Waals surface area contributed by atoms with Crippen molar-refractivity contribution in [1.29, 1.82) is 0 Å². The first-order chi connectivity index (χ1) is 7.66. The molecule has 0 fully saturated rings. The monoisotopic (exact) mass is 242 g/mol. The summed E-state index contributed by atoms with van der Waals surface area (Å²) < 4.78 is 31.3. The molecule has 6 heteroatoms. The van der Waals surface area contributed by atoms with Crippen LogP contribution in [0, 0.1) is 11.6 Å². The van der Waals surface area contributed by atoms with E-state index in [0.29, 0.717) is 10.8 Å².